The van der Waals surface area contributed by atoms with Crippen molar-refractivity contribution in [3.63, 3.8) is 0 Å². The van der Waals surface area contributed by atoms with Crippen LogP contribution in [-0.2, 0) is 20.7 Å². The van der Waals surface area contributed by atoms with Crippen molar-refractivity contribution in [2.45, 2.75) is 86.5 Å². The Morgan fingerprint density at radius 2 is 1.57 bits per heavy atom. The fourth-order valence-corrected chi connectivity index (χ4v) is 4.91. The molecule has 1 aromatic carbocycles. The molecule has 0 unspecified atom stereocenters. The Balaban J connectivity index is 2.64. The van der Waals surface area contributed by atoms with Crippen molar-refractivity contribution >= 4 is 11.8 Å². The van der Waals surface area contributed by atoms with Crippen molar-refractivity contribution < 1.29 is 23.8 Å². The van der Waals surface area contributed by atoms with E-state index < -0.39 is 16.7 Å². The molecular weight excluding hydrogens is 468 g/mol. The molecule has 3 N–H and O–H groups in total. The number of carbonyl (C=O) groups is 2. The molecule has 0 saturated carbocycles. The molecule has 0 radical (unpaired) electrons. The summed E-state index contributed by atoms with van der Waals surface area (Å²) < 4.78 is 16.4. The van der Waals surface area contributed by atoms with Crippen LogP contribution < -0.4 is 20.5 Å². The molecule has 0 fully saturated rings. The number of hydrogen-bond acceptors (Lipinski definition) is 5. The highest BCUT2D eigenvalue weighted by Crippen LogP contribution is 2.41. The molecule has 0 spiro atoms. The third kappa shape index (κ3) is 9.84. The van der Waals surface area contributed by atoms with Gasteiger partial charge in [-0.05, 0) is 62.6 Å². The number of nitrogens with two attached hydrogens (primary N) is 1. The van der Waals surface area contributed by atoms with Gasteiger partial charge in [0, 0.05) is 26.7 Å². The third-order valence-corrected chi connectivity index (χ3v) is 7.63. The molecular formula is C30H52N2O5. The molecule has 37 heavy (non-hydrogen) atoms. The van der Waals surface area contributed by atoms with E-state index in [1.165, 1.54) is 5.56 Å². The molecule has 0 saturated heterocycles. The van der Waals surface area contributed by atoms with Crippen LogP contribution in [0.25, 0.3) is 0 Å². The summed E-state index contributed by atoms with van der Waals surface area (Å²) in [6.45, 7) is 13.5. The number of carbonyl (C=O) groups excluding carboxylic acids is 2. The van der Waals surface area contributed by atoms with Gasteiger partial charge in [0.1, 0.15) is 0 Å². The number of ether oxygens (including phenoxy) is 3. The van der Waals surface area contributed by atoms with E-state index in [1.54, 1.807) is 28.1 Å². The van der Waals surface area contributed by atoms with Crippen molar-refractivity contribution in [1.82, 2.24) is 5.32 Å². The SMILES string of the molecule is COCCCOc1cc(CCCCCCC(C(=O)NCC(C)(C)C(N)=O)(C(C)C)C(C)C)ccc1OC. The topological polar surface area (TPSA) is 99.9 Å². The lowest BCUT2D eigenvalue weighted by Gasteiger charge is -2.41. The molecule has 2 amide bonds. The first-order valence-corrected chi connectivity index (χ1v) is 13.8. The van der Waals surface area contributed by atoms with Crippen molar-refractivity contribution in [1.29, 1.82) is 0 Å². The van der Waals surface area contributed by atoms with Gasteiger partial charge >= 0.3 is 0 Å². The van der Waals surface area contributed by atoms with Crippen LogP contribution in [0.15, 0.2) is 18.2 Å². The second-order valence-electron chi connectivity index (χ2n) is 11.4. The number of aryl methyl sites for hydroxylation is 1. The van der Waals surface area contributed by atoms with Crippen molar-refractivity contribution in [3.8, 4) is 11.5 Å². The number of amides is 2. The molecule has 212 valence electrons. The minimum atomic E-state index is -0.772. The smallest absolute Gasteiger partial charge is 0.226 e. The number of hydrogen-bond donors (Lipinski definition) is 2. The molecule has 0 heterocycles. The largest absolute Gasteiger partial charge is 0.493 e. The van der Waals surface area contributed by atoms with Crippen molar-refractivity contribution in [2.24, 2.45) is 28.4 Å². The average molecular weight is 521 g/mol. The van der Waals surface area contributed by atoms with Crippen molar-refractivity contribution in [2.75, 3.05) is 34.0 Å². The second kappa shape index (κ2) is 15.9. The first kappa shape index (κ1) is 32.7. The maximum Gasteiger partial charge on any atom is 0.226 e. The van der Waals surface area contributed by atoms with E-state index >= 15 is 0 Å². The van der Waals surface area contributed by atoms with Crippen LogP contribution in [0.3, 0.4) is 0 Å². The Kier molecular flexibility index (Phi) is 14.0. The Hall–Kier alpha value is -2.28. The Bertz CT molecular complexity index is 827. The lowest BCUT2D eigenvalue weighted by Crippen LogP contribution is -2.51. The zero-order chi connectivity index (χ0) is 28.1. The van der Waals surface area contributed by atoms with Gasteiger partial charge in [-0.3, -0.25) is 9.59 Å². The fraction of sp³-hybridized carbons (Fsp3) is 0.733. The van der Waals surface area contributed by atoms with E-state index in [4.69, 9.17) is 19.9 Å². The third-order valence-electron chi connectivity index (χ3n) is 7.63. The van der Waals surface area contributed by atoms with E-state index in [2.05, 4.69) is 45.1 Å². The summed E-state index contributed by atoms with van der Waals surface area (Å²) in [5, 5.41) is 3.05. The zero-order valence-electron chi connectivity index (χ0n) is 24.6. The number of methoxy groups -OCH3 is 2. The van der Waals surface area contributed by atoms with Crippen LogP contribution in [0.1, 0.15) is 85.6 Å². The molecule has 1 aromatic rings. The maximum atomic E-state index is 13.4. The second-order valence-corrected chi connectivity index (χ2v) is 11.4. The molecule has 0 aliphatic carbocycles. The van der Waals surface area contributed by atoms with Crippen LogP contribution in [0.2, 0.25) is 0 Å². The summed E-state index contributed by atoms with van der Waals surface area (Å²) in [6, 6.07) is 6.14. The van der Waals surface area contributed by atoms with E-state index in [1.807, 2.05) is 6.07 Å². The van der Waals surface area contributed by atoms with Crippen molar-refractivity contribution in [3.05, 3.63) is 23.8 Å². The summed E-state index contributed by atoms with van der Waals surface area (Å²) >= 11 is 0. The van der Waals surface area contributed by atoms with Gasteiger partial charge in [0.25, 0.3) is 0 Å². The van der Waals surface area contributed by atoms with Crippen LogP contribution in [0.5, 0.6) is 11.5 Å². The average Bonchev–Trinajstić information content (AvgIpc) is 2.84. The van der Waals surface area contributed by atoms with E-state index in [9.17, 15) is 9.59 Å². The fourth-order valence-electron chi connectivity index (χ4n) is 4.91. The van der Waals surface area contributed by atoms with Crippen LogP contribution >= 0.6 is 0 Å². The molecule has 0 aliphatic rings. The molecule has 0 atom stereocenters. The maximum absolute atomic E-state index is 13.4. The van der Waals surface area contributed by atoms with Gasteiger partial charge < -0.3 is 25.3 Å². The van der Waals surface area contributed by atoms with Gasteiger partial charge in [-0.2, -0.15) is 0 Å². The minimum Gasteiger partial charge on any atom is -0.493 e. The van der Waals surface area contributed by atoms with Gasteiger partial charge in [0.15, 0.2) is 11.5 Å². The lowest BCUT2D eigenvalue weighted by molar-refractivity contribution is -0.138. The Morgan fingerprint density at radius 1 is 0.919 bits per heavy atom. The number of rotatable bonds is 19. The quantitative estimate of drug-likeness (QED) is 0.234. The van der Waals surface area contributed by atoms with Gasteiger partial charge in [-0.25, -0.2) is 0 Å². The number of primary amides is 1. The zero-order valence-corrected chi connectivity index (χ0v) is 24.6. The molecule has 1 rings (SSSR count). The highest BCUT2D eigenvalue weighted by molar-refractivity contribution is 5.85. The highest BCUT2D eigenvalue weighted by Gasteiger charge is 2.44. The van der Waals surface area contributed by atoms with Crippen LogP contribution in [0, 0.1) is 22.7 Å². The Morgan fingerprint density at radius 3 is 2.14 bits per heavy atom. The van der Waals surface area contributed by atoms with Crippen LogP contribution in [-0.4, -0.2) is 45.8 Å². The van der Waals surface area contributed by atoms with E-state index in [0.29, 0.717) is 13.2 Å². The minimum absolute atomic E-state index is 0.0306. The van der Waals surface area contributed by atoms with E-state index in [-0.39, 0.29) is 24.3 Å². The highest BCUT2D eigenvalue weighted by atomic mass is 16.5. The van der Waals surface area contributed by atoms with Gasteiger partial charge in [0.05, 0.1) is 24.5 Å². The standard InChI is InChI=1S/C30H52N2O5/c1-22(2)30(23(3)4,28(34)32-21-29(5,6)27(31)33)17-12-10-9-11-14-24-15-16-25(36-8)26(20-24)37-19-13-18-35-7/h15-16,20,22-23H,9-14,17-19,21H2,1-8H3,(H2,31,33)(H,32,34). The Labute approximate surface area is 225 Å². The van der Waals surface area contributed by atoms with Gasteiger partial charge in [0.2, 0.25) is 11.8 Å². The number of benzene rings is 1. The molecule has 0 aromatic heterocycles. The molecule has 7 nitrogen and oxygen atoms in total. The normalized spacial score (nSPS) is 12.2. The monoisotopic (exact) mass is 520 g/mol. The predicted octanol–water partition coefficient (Wildman–Crippen LogP) is 5.53. The molecule has 7 heteroatoms. The first-order valence-electron chi connectivity index (χ1n) is 13.8. The van der Waals surface area contributed by atoms with Gasteiger partial charge in [-0.15, -0.1) is 0 Å². The summed E-state index contributed by atoms with van der Waals surface area (Å²) in [7, 11) is 3.35. The molecule has 0 bridgehead atoms. The molecule has 0 aliphatic heterocycles. The predicted molar refractivity (Wildman–Crippen MR) is 150 cm³/mol. The lowest BCUT2D eigenvalue weighted by atomic mass is 9.65. The summed E-state index contributed by atoms with van der Waals surface area (Å²) in [5.41, 5.74) is 5.49. The number of unbranched alkanes of at least 4 members (excludes halogenated alkanes) is 3. The van der Waals surface area contributed by atoms with Crippen LogP contribution in [0.4, 0.5) is 0 Å². The first-order chi connectivity index (χ1) is 17.4. The summed E-state index contributed by atoms with van der Waals surface area (Å²) in [4.78, 5) is 25.1. The summed E-state index contributed by atoms with van der Waals surface area (Å²) in [6.07, 6.45) is 6.85. The van der Waals surface area contributed by atoms with Gasteiger partial charge in [-0.1, -0.05) is 53.0 Å². The number of nitrogens with one attached hydrogen (secondary N) is 1. The summed E-state index contributed by atoms with van der Waals surface area (Å²) in [5.74, 6) is 1.52. The van der Waals surface area contributed by atoms with E-state index in [0.717, 1.165) is 56.4 Å².